The van der Waals surface area contributed by atoms with Crippen LogP contribution < -0.4 is 4.74 Å². The molecule has 0 fully saturated rings. The quantitative estimate of drug-likeness (QED) is 0.894. The van der Waals surface area contributed by atoms with Crippen LogP contribution in [-0.2, 0) is 16.6 Å². The summed E-state index contributed by atoms with van der Waals surface area (Å²) in [5, 5.41) is 9.92. The number of ether oxygens (including phenoxy) is 1. The molecule has 0 aromatic heterocycles. The molecule has 0 radical (unpaired) electrons. The van der Waals surface area contributed by atoms with E-state index in [1.165, 1.54) is 5.56 Å². The summed E-state index contributed by atoms with van der Waals surface area (Å²) in [5.74, 6) is 0.870. The summed E-state index contributed by atoms with van der Waals surface area (Å²) in [5.41, 5.74) is 2.14. The number of Topliss-reactive ketones (excluding diaryl/α,β-unsaturated/α-hetero) is 1. The predicted octanol–water partition coefficient (Wildman–Crippen LogP) is 2.97. The smallest absolute Gasteiger partial charge is 0.160 e. The molecule has 18 heavy (non-hydrogen) atoms. The van der Waals surface area contributed by atoms with Crippen molar-refractivity contribution in [3.05, 3.63) is 23.3 Å². The second-order valence-corrected chi connectivity index (χ2v) is 5.47. The Morgan fingerprint density at radius 3 is 2.83 bits per heavy atom. The van der Waals surface area contributed by atoms with Crippen molar-refractivity contribution in [2.75, 3.05) is 7.11 Å². The molecule has 0 bridgehead atoms. The first-order chi connectivity index (χ1) is 8.46. The lowest BCUT2D eigenvalue weighted by Gasteiger charge is -2.35. The van der Waals surface area contributed by atoms with Gasteiger partial charge in [0.25, 0.3) is 0 Å². The molecule has 0 spiro atoms. The molecular formula is C15H20O3. The van der Waals surface area contributed by atoms with Gasteiger partial charge in [-0.05, 0) is 54.9 Å². The first-order valence-corrected chi connectivity index (χ1v) is 6.36. The number of aromatic hydroxyl groups is 1. The number of hydrogen-bond acceptors (Lipinski definition) is 3. The summed E-state index contributed by atoms with van der Waals surface area (Å²) in [6.45, 7) is 3.74. The van der Waals surface area contributed by atoms with E-state index in [-0.39, 0.29) is 16.9 Å². The Bertz CT molecular complexity index is 479. The highest BCUT2D eigenvalue weighted by Crippen LogP contribution is 2.43. The Labute approximate surface area is 108 Å². The summed E-state index contributed by atoms with van der Waals surface area (Å²) >= 11 is 0. The zero-order valence-corrected chi connectivity index (χ0v) is 11.2. The molecule has 0 aliphatic heterocycles. The van der Waals surface area contributed by atoms with Gasteiger partial charge in [0, 0.05) is 6.42 Å². The van der Waals surface area contributed by atoms with Gasteiger partial charge < -0.3 is 9.84 Å². The van der Waals surface area contributed by atoms with E-state index in [4.69, 9.17) is 4.74 Å². The van der Waals surface area contributed by atoms with Crippen molar-refractivity contribution in [2.45, 2.75) is 44.9 Å². The van der Waals surface area contributed by atoms with Crippen molar-refractivity contribution >= 4 is 5.78 Å². The molecule has 0 saturated heterocycles. The van der Waals surface area contributed by atoms with Crippen molar-refractivity contribution in [1.29, 1.82) is 0 Å². The predicted molar refractivity (Wildman–Crippen MR) is 70.2 cm³/mol. The van der Waals surface area contributed by atoms with Crippen LogP contribution >= 0.6 is 0 Å². The third-order valence-corrected chi connectivity index (χ3v) is 3.87. The number of phenolic OH excluding ortho intramolecular Hbond substituents is 1. The topological polar surface area (TPSA) is 46.5 Å². The van der Waals surface area contributed by atoms with Gasteiger partial charge in [-0.1, -0.05) is 6.92 Å². The van der Waals surface area contributed by atoms with Gasteiger partial charge in [-0.2, -0.15) is 0 Å². The molecule has 1 atom stereocenters. The van der Waals surface area contributed by atoms with Gasteiger partial charge in [0.05, 0.1) is 7.11 Å². The summed E-state index contributed by atoms with van der Waals surface area (Å²) in [4.78, 5) is 11.4. The van der Waals surface area contributed by atoms with Crippen LogP contribution in [0.3, 0.4) is 0 Å². The highest BCUT2D eigenvalue weighted by atomic mass is 16.5. The van der Waals surface area contributed by atoms with Crippen LogP contribution in [-0.4, -0.2) is 18.0 Å². The second-order valence-electron chi connectivity index (χ2n) is 5.47. The number of carbonyl (C=O) groups excluding carboxylic acids is 1. The number of methoxy groups -OCH3 is 1. The van der Waals surface area contributed by atoms with Crippen LogP contribution in [0.4, 0.5) is 0 Å². The molecule has 1 aliphatic rings. The van der Waals surface area contributed by atoms with E-state index in [9.17, 15) is 9.90 Å². The minimum Gasteiger partial charge on any atom is -0.504 e. The maximum Gasteiger partial charge on any atom is 0.160 e. The van der Waals surface area contributed by atoms with E-state index in [2.05, 4.69) is 6.92 Å². The van der Waals surface area contributed by atoms with Crippen LogP contribution in [0.5, 0.6) is 11.5 Å². The fourth-order valence-electron chi connectivity index (χ4n) is 3.08. The first-order valence-electron chi connectivity index (χ1n) is 6.36. The van der Waals surface area contributed by atoms with Gasteiger partial charge in [0.15, 0.2) is 11.5 Å². The van der Waals surface area contributed by atoms with E-state index >= 15 is 0 Å². The van der Waals surface area contributed by atoms with E-state index < -0.39 is 0 Å². The zero-order valence-electron chi connectivity index (χ0n) is 11.2. The van der Waals surface area contributed by atoms with Crippen LogP contribution in [0.15, 0.2) is 12.1 Å². The number of ketones is 1. The number of phenols is 1. The summed E-state index contributed by atoms with van der Waals surface area (Å²) in [6.07, 6.45) is 3.58. The highest BCUT2D eigenvalue weighted by Gasteiger charge is 2.34. The Kier molecular flexibility index (Phi) is 3.33. The molecule has 1 aromatic carbocycles. The fraction of sp³-hybridized carbons (Fsp3) is 0.533. The normalized spacial score (nSPS) is 22.4. The van der Waals surface area contributed by atoms with Crippen molar-refractivity contribution < 1.29 is 14.6 Å². The Morgan fingerprint density at radius 2 is 2.22 bits per heavy atom. The average molecular weight is 248 g/mol. The number of aryl methyl sites for hydroxylation is 1. The van der Waals surface area contributed by atoms with Crippen LogP contribution in [0.1, 0.15) is 44.2 Å². The second kappa shape index (κ2) is 4.63. The maximum absolute atomic E-state index is 11.4. The molecule has 3 heteroatoms. The summed E-state index contributed by atoms with van der Waals surface area (Å²) in [6, 6.07) is 3.68. The molecule has 98 valence electrons. The van der Waals surface area contributed by atoms with Crippen molar-refractivity contribution in [3.8, 4) is 11.5 Å². The van der Waals surface area contributed by atoms with E-state index in [0.717, 1.165) is 24.8 Å². The molecule has 1 aliphatic carbocycles. The number of benzene rings is 1. The van der Waals surface area contributed by atoms with Gasteiger partial charge in [0.2, 0.25) is 0 Å². The van der Waals surface area contributed by atoms with Crippen LogP contribution in [0.25, 0.3) is 0 Å². The molecule has 0 amide bonds. The van der Waals surface area contributed by atoms with Crippen molar-refractivity contribution in [2.24, 2.45) is 0 Å². The molecule has 0 heterocycles. The number of fused-ring (bicyclic) bond motifs is 1. The monoisotopic (exact) mass is 248 g/mol. The lowest BCUT2D eigenvalue weighted by Crippen LogP contribution is -2.29. The van der Waals surface area contributed by atoms with Gasteiger partial charge in [-0.25, -0.2) is 0 Å². The minimum absolute atomic E-state index is 0.150. The molecule has 1 aromatic rings. The Hall–Kier alpha value is -1.51. The van der Waals surface area contributed by atoms with Gasteiger partial charge >= 0.3 is 0 Å². The Morgan fingerprint density at radius 1 is 1.50 bits per heavy atom. The van der Waals surface area contributed by atoms with Gasteiger partial charge in [0.1, 0.15) is 5.78 Å². The number of hydrogen-bond donors (Lipinski definition) is 1. The fourth-order valence-corrected chi connectivity index (χ4v) is 3.08. The zero-order chi connectivity index (χ0) is 13.3. The lowest BCUT2D eigenvalue weighted by molar-refractivity contribution is -0.118. The largest absolute Gasteiger partial charge is 0.504 e. The molecule has 2 rings (SSSR count). The summed E-state index contributed by atoms with van der Waals surface area (Å²) < 4.78 is 5.14. The van der Waals surface area contributed by atoms with Gasteiger partial charge in [-0.3, -0.25) is 4.79 Å². The van der Waals surface area contributed by atoms with E-state index in [0.29, 0.717) is 12.2 Å². The van der Waals surface area contributed by atoms with Crippen LogP contribution in [0.2, 0.25) is 0 Å². The third kappa shape index (κ3) is 2.22. The molecule has 1 N–H and O–H groups in total. The van der Waals surface area contributed by atoms with Crippen LogP contribution in [0, 0.1) is 0 Å². The van der Waals surface area contributed by atoms with Gasteiger partial charge in [-0.15, -0.1) is 0 Å². The standard InChI is InChI=1S/C15H20O3/c1-10(16)9-15(2)6-4-5-11-7-14(18-3)13(17)8-12(11)15/h7-8,17H,4-6,9H2,1-3H3. The van der Waals surface area contributed by atoms with E-state index in [1.54, 1.807) is 20.1 Å². The summed E-state index contributed by atoms with van der Waals surface area (Å²) in [7, 11) is 1.55. The number of rotatable bonds is 3. The third-order valence-electron chi connectivity index (χ3n) is 3.87. The van der Waals surface area contributed by atoms with Crippen molar-refractivity contribution in [1.82, 2.24) is 0 Å². The number of carbonyl (C=O) groups is 1. The molecule has 1 unspecified atom stereocenters. The highest BCUT2D eigenvalue weighted by molar-refractivity contribution is 5.77. The van der Waals surface area contributed by atoms with E-state index in [1.807, 2.05) is 6.07 Å². The average Bonchev–Trinajstić information content (AvgIpc) is 2.28. The maximum atomic E-state index is 11.4. The Balaban J connectivity index is 2.49. The minimum atomic E-state index is -0.150. The molecule has 0 saturated carbocycles. The first kappa shape index (κ1) is 12.9. The lowest BCUT2D eigenvalue weighted by atomic mass is 9.68. The molecular weight excluding hydrogens is 228 g/mol. The SMILES string of the molecule is COc1cc2c(cc1O)C(C)(CC(C)=O)CCC2. The molecule has 3 nitrogen and oxygen atoms in total. The van der Waals surface area contributed by atoms with Crippen molar-refractivity contribution in [3.63, 3.8) is 0 Å².